The standard InChI is InChI=1S/C13H18N3O2.C2H6/c1-11-13-10-14(7-8-15(13)16(17)18-11)9-12-5-3-2-4-6-12;1-2/h2-6,11,13H,7-10H2,1H3;1-2H3/q+1;/t11?,13-;/m0./s1. The molecule has 5 heteroatoms. The highest BCUT2D eigenvalue weighted by atomic mass is 16.8. The molecule has 0 bridgehead atoms. The van der Waals surface area contributed by atoms with Crippen LogP contribution in [-0.4, -0.2) is 46.7 Å². The summed E-state index contributed by atoms with van der Waals surface area (Å²) in [4.78, 5) is 19.1. The minimum Gasteiger partial charge on any atom is -0.295 e. The van der Waals surface area contributed by atoms with Crippen LogP contribution in [0, 0.1) is 4.91 Å². The Morgan fingerprint density at radius 1 is 1.25 bits per heavy atom. The van der Waals surface area contributed by atoms with Gasteiger partial charge in [0.1, 0.15) is 10.9 Å². The maximum Gasteiger partial charge on any atom is 0.360 e. The van der Waals surface area contributed by atoms with Crippen LogP contribution < -0.4 is 0 Å². The molecular formula is C15H24N3O2+. The quantitative estimate of drug-likeness (QED) is 0.831. The van der Waals surface area contributed by atoms with E-state index in [1.807, 2.05) is 26.8 Å². The van der Waals surface area contributed by atoms with Crippen molar-refractivity contribution in [2.45, 2.75) is 39.5 Å². The van der Waals surface area contributed by atoms with Crippen LogP contribution in [-0.2, 0) is 11.4 Å². The minimum atomic E-state index is -0.0268. The van der Waals surface area contributed by atoms with Gasteiger partial charge in [-0.15, -0.1) is 0 Å². The molecule has 1 aromatic carbocycles. The molecular weight excluding hydrogens is 254 g/mol. The largest absolute Gasteiger partial charge is 0.360 e. The third kappa shape index (κ3) is 3.10. The number of hydrazine groups is 1. The summed E-state index contributed by atoms with van der Waals surface area (Å²) in [5, 5.41) is 2.45. The topological polar surface area (TPSA) is 35.8 Å². The molecule has 110 valence electrons. The molecule has 2 saturated heterocycles. The Morgan fingerprint density at radius 3 is 2.65 bits per heavy atom. The van der Waals surface area contributed by atoms with Crippen molar-refractivity contribution < 1.29 is 9.87 Å². The molecule has 1 aromatic rings. The van der Waals surface area contributed by atoms with Crippen LogP contribution in [0.1, 0.15) is 26.3 Å². The van der Waals surface area contributed by atoms with Crippen LogP contribution in [0.4, 0.5) is 0 Å². The van der Waals surface area contributed by atoms with Crippen molar-refractivity contribution in [2.24, 2.45) is 0 Å². The lowest BCUT2D eigenvalue weighted by atomic mass is 10.1. The van der Waals surface area contributed by atoms with E-state index in [0.29, 0.717) is 5.03 Å². The number of benzene rings is 1. The van der Waals surface area contributed by atoms with Gasteiger partial charge in [0.2, 0.25) is 6.10 Å². The first-order valence-electron chi connectivity index (χ1n) is 7.41. The molecule has 5 nitrogen and oxygen atoms in total. The normalized spacial score (nSPS) is 25.6. The van der Waals surface area contributed by atoms with Crippen molar-refractivity contribution >= 4 is 0 Å². The number of rotatable bonds is 2. The Morgan fingerprint density at radius 2 is 1.95 bits per heavy atom. The first-order valence-corrected chi connectivity index (χ1v) is 7.41. The molecule has 0 amide bonds. The molecule has 2 aliphatic heterocycles. The monoisotopic (exact) mass is 278 g/mol. The van der Waals surface area contributed by atoms with E-state index < -0.39 is 0 Å². The van der Waals surface area contributed by atoms with Crippen molar-refractivity contribution in [1.82, 2.24) is 9.91 Å². The van der Waals surface area contributed by atoms with Gasteiger partial charge in [-0.3, -0.25) is 4.90 Å². The average Bonchev–Trinajstić information content (AvgIpc) is 2.77. The van der Waals surface area contributed by atoms with E-state index in [0.717, 1.165) is 26.2 Å². The predicted molar refractivity (Wildman–Crippen MR) is 77.7 cm³/mol. The highest BCUT2D eigenvalue weighted by Gasteiger charge is 2.50. The van der Waals surface area contributed by atoms with E-state index in [-0.39, 0.29) is 12.1 Å². The SMILES string of the molecule is CC.CC1O[N+](=O)N2CCN(Cc3ccccc3)C[C@@H]12. The minimum absolute atomic E-state index is 0.0268. The van der Waals surface area contributed by atoms with Crippen LogP contribution >= 0.6 is 0 Å². The van der Waals surface area contributed by atoms with Crippen LogP contribution in [0.25, 0.3) is 0 Å². The Balaban J connectivity index is 0.000000704. The molecule has 0 saturated carbocycles. The summed E-state index contributed by atoms with van der Waals surface area (Å²) in [7, 11) is 0. The van der Waals surface area contributed by atoms with Crippen LogP contribution in [0.5, 0.6) is 0 Å². The van der Waals surface area contributed by atoms with Crippen LogP contribution in [0.15, 0.2) is 30.3 Å². The molecule has 2 fully saturated rings. The second-order valence-corrected chi connectivity index (χ2v) is 5.00. The van der Waals surface area contributed by atoms with Gasteiger partial charge in [-0.1, -0.05) is 49.2 Å². The second-order valence-electron chi connectivity index (χ2n) is 5.00. The molecule has 0 radical (unpaired) electrons. The van der Waals surface area contributed by atoms with Gasteiger partial charge in [-0.25, -0.2) is 0 Å². The number of piperazine rings is 1. The van der Waals surface area contributed by atoms with Crippen molar-refractivity contribution in [3.05, 3.63) is 40.8 Å². The predicted octanol–water partition coefficient (Wildman–Crippen LogP) is 2.23. The molecule has 2 aliphatic rings. The summed E-state index contributed by atoms with van der Waals surface area (Å²) in [5.74, 6) is 0. The van der Waals surface area contributed by atoms with Gasteiger partial charge in [0.25, 0.3) is 0 Å². The van der Waals surface area contributed by atoms with Crippen molar-refractivity contribution in [3.63, 3.8) is 0 Å². The van der Waals surface area contributed by atoms with E-state index in [1.54, 1.807) is 5.01 Å². The molecule has 0 N–H and O–H groups in total. The number of hydrogen-bond acceptors (Lipinski definition) is 3. The van der Waals surface area contributed by atoms with Crippen LogP contribution in [0.2, 0.25) is 0 Å². The fraction of sp³-hybridized carbons (Fsp3) is 0.600. The fourth-order valence-electron chi connectivity index (χ4n) is 2.71. The third-order valence-electron chi connectivity index (χ3n) is 3.73. The first kappa shape index (κ1) is 14.8. The van der Waals surface area contributed by atoms with Gasteiger partial charge in [-0.05, 0) is 12.5 Å². The highest BCUT2D eigenvalue weighted by molar-refractivity contribution is 5.14. The molecule has 0 aliphatic carbocycles. The lowest BCUT2D eigenvalue weighted by molar-refractivity contribution is -0.888. The zero-order valence-corrected chi connectivity index (χ0v) is 12.5. The Hall–Kier alpha value is -1.62. The zero-order valence-electron chi connectivity index (χ0n) is 12.5. The summed E-state index contributed by atoms with van der Waals surface area (Å²) in [6.07, 6.45) is -0.0268. The van der Waals surface area contributed by atoms with Gasteiger partial charge in [0.05, 0.1) is 6.54 Å². The van der Waals surface area contributed by atoms with Gasteiger partial charge in [0, 0.05) is 19.6 Å². The average molecular weight is 278 g/mol. The lowest BCUT2D eigenvalue weighted by Crippen LogP contribution is -2.53. The smallest absolute Gasteiger partial charge is 0.295 e. The second kappa shape index (κ2) is 6.70. The highest BCUT2D eigenvalue weighted by Crippen LogP contribution is 2.23. The Bertz CT molecular complexity index is 438. The van der Waals surface area contributed by atoms with E-state index in [9.17, 15) is 4.91 Å². The van der Waals surface area contributed by atoms with Gasteiger partial charge in [-0.2, -0.15) is 4.84 Å². The fourth-order valence-corrected chi connectivity index (χ4v) is 2.71. The van der Waals surface area contributed by atoms with E-state index in [2.05, 4.69) is 29.2 Å². The molecule has 3 rings (SSSR count). The first-order chi connectivity index (χ1) is 9.74. The summed E-state index contributed by atoms with van der Waals surface area (Å²) >= 11 is 0. The molecule has 2 atom stereocenters. The molecule has 2 heterocycles. The van der Waals surface area contributed by atoms with Crippen LogP contribution in [0.3, 0.4) is 0 Å². The van der Waals surface area contributed by atoms with Crippen molar-refractivity contribution in [3.8, 4) is 0 Å². The van der Waals surface area contributed by atoms with Gasteiger partial charge < -0.3 is 0 Å². The number of nitrogens with zero attached hydrogens (tertiary/aromatic N) is 3. The molecule has 0 spiro atoms. The summed E-state index contributed by atoms with van der Waals surface area (Å²) in [6, 6.07) is 10.6. The maximum absolute atomic E-state index is 11.5. The summed E-state index contributed by atoms with van der Waals surface area (Å²) < 4.78 is 0. The third-order valence-corrected chi connectivity index (χ3v) is 3.73. The van der Waals surface area contributed by atoms with E-state index >= 15 is 0 Å². The molecule has 1 unspecified atom stereocenters. The number of hydrogen-bond donors (Lipinski definition) is 0. The molecule has 0 aromatic heterocycles. The summed E-state index contributed by atoms with van der Waals surface area (Å²) in [6.45, 7) is 9.43. The molecule has 20 heavy (non-hydrogen) atoms. The van der Waals surface area contributed by atoms with E-state index in [1.165, 1.54) is 5.56 Å². The summed E-state index contributed by atoms with van der Waals surface area (Å²) in [5.41, 5.74) is 1.32. The Kier molecular flexibility index (Phi) is 4.95. The zero-order chi connectivity index (χ0) is 14.5. The van der Waals surface area contributed by atoms with Crippen molar-refractivity contribution in [2.75, 3.05) is 19.6 Å². The number of fused-ring (bicyclic) bond motifs is 1. The maximum atomic E-state index is 11.5. The lowest BCUT2D eigenvalue weighted by Gasteiger charge is -2.31. The van der Waals surface area contributed by atoms with E-state index in [4.69, 9.17) is 4.84 Å². The Labute approximate surface area is 120 Å². The van der Waals surface area contributed by atoms with Gasteiger partial charge in [0.15, 0.2) is 0 Å². The van der Waals surface area contributed by atoms with Crippen molar-refractivity contribution in [1.29, 1.82) is 0 Å². The van der Waals surface area contributed by atoms with Gasteiger partial charge >= 0.3 is 5.03 Å².